The first kappa shape index (κ1) is 17.9. The number of carbonyl (C=O) groups is 2. The first-order valence-electron chi connectivity index (χ1n) is 7.70. The van der Waals surface area contributed by atoms with Gasteiger partial charge in [-0.1, -0.05) is 61.2 Å². The molecule has 2 aromatic carbocycles. The second-order valence-electron chi connectivity index (χ2n) is 6.55. The molecule has 0 aliphatic carbocycles. The van der Waals surface area contributed by atoms with Gasteiger partial charge in [-0.25, -0.2) is 9.59 Å². The summed E-state index contributed by atoms with van der Waals surface area (Å²) < 4.78 is 9.82. The zero-order valence-corrected chi connectivity index (χ0v) is 15.7. The summed E-state index contributed by atoms with van der Waals surface area (Å²) >= 11 is 0. The van der Waals surface area contributed by atoms with Gasteiger partial charge in [-0.05, 0) is 17.2 Å². The van der Waals surface area contributed by atoms with Crippen molar-refractivity contribution in [2.45, 2.75) is 19.6 Å². The molecule has 24 heavy (non-hydrogen) atoms. The van der Waals surface area contributed by atoms with E-state index in [0.29, 0.717) is 5.56 Å². The Labute approximate surface area is 143 Å². The largest absolute Gasteiger partial charge is 0.465 e. The Kier molecular flexibility index (Phi) is 5.24. The summed E-state index contributed by atoms with van der Waals surface area (Å²) in [6.07, 6.45) is 0. The molecule has 2 rings (SSSR count). The topological polar surface area (TPSA) is 52.6 Å². The number of hydrogen-bond donors (Lipinski definition) is 0. The number of carbonyl (C=O) groups excluding carboxylic acids is 2. The lowest BCUT2D eigenvalue weighted by molar-refractivity contribution is 0.0556. The van der Waals surface area contributed by atoms with Crippen molar-refractivity contribution in [3.63, 3.8) is 0 Å². The van der Waals surface area contributed by atoms with Gasteiger partial charge in [0.1, 0.15) is 0 Å². The van der Waals surface area contributed by atoms with Crippen molar-refractivity contribution in [3.8, 4) is 11.1 Å². The highest BCUT2D eigenvalue weighted by atomic mass is 28.3. The minimum absolute atomic E-state index is 0.248. The minimum Gasteiger partial charge on any atom is -0.465 e. The van der Waals surface area contributed by atoms with Crippen molar-refractivity contribution in [2.75, 3.05) is 14.2 Å². The summed E-state index contributed by atoms with van der Waals surface area (Å²) in [5, 5.41) is 1.08. The molecule has 0 heterocycles. The molecule has 0 radical (unpaired) electrons. The first-order chi connectivity index (χ1) is 11.3. The van der Waals surface area contributed by atoms with E-state index >= 15 is 0 Å². The summed E-state index contributed by atoms with van der Waals surface area (Å²) in [5.41, 5.74) is 2.06. The van der Waals surface area contributed by atoms with Crippen LogP contribution in [-0.2, 0) is 9.47 Å². The van der Waals surface area contributed by atoms with Crippen LogP contribution >= 0.6 is 0 Å². The predicted molar refractivity (Wildman–Crippen MR) is 97.5 cm³/mol. The summed E-state index contributed by atoms with van der Waals surface area (Å²) in [7, 11) is 0.907. The van der Waals surface area contributed by atoms with Gasteiger partial charge in [0.2, 0.25) is 0 Å². The second kappa shape index (κ2) is 7.01. The average Bonchev–Trinajstić information content (AvgIpc) is 2.59. The SMILES string of the molecule is COC(=O)c1cc([Si](C)(C)C)cc(-c2ccccc2)c1C(=O)OC. The van der Waals surface area contributed by atoms with E-state index in [1.807, 2.05) is 36.4 Å². The third kappa shape index (κ3) is 3.57. The molecule has 0 N–H and O–H groups in total. The molecular weight excluding hydrogens is 320 g/mol. The molecule has 0 saturated carbocycles. The molecule has 0 unspecified atom stereocenters. The maximum Gasteiger partial charge on any atom is 0.339 e. The number of methoxy groups -OCH3 is 2. The van der Waals surface area contributed by atoms with Gasteiger partial charge in [0, 0.05) is 0 Å². The van der Waals surface area contributed by atoms with Crippen LogP contribution in [0, 0.1) is 0 Å². The van der Waals surface area contributed by atoms with Crippen LogP contribution in [0.25, 0.3) is 11.1 Å². The standard InChI is InChI=1S/C19H22O4Si/c1-22-18(20)16-12-14(24(3,4)5)11-15(17(16)19(21)23-2)13-9-7-6-8-10-13/h6-12H,1-5H3. The van der Waals surface area contributed by atoms with Crippen LogP contribution in [0.1, 0.15) is 20.7 Å². The van der Waals surface area contributed by atoms with Crippen molar-refractivity contribution < 1.29 is 19.1 Å². The monoisotopic (exact) mass is 342 g/mol. The molecule has 0 atom stereocenters. The van der Waals surface area contributed by atoms with Crippen molar-refractivity contribution in [1.29, 1.82) is 0 Å². The molecule has 126 valence electrons. The molecule has 0 saturated heterocycles. The highest BCUT2D eigenvalue weighted by Gasteiger charge is 2.27. The molecule has 2 aromatic rings. The smallest absolute Gasteiger partial charge is 0.339 e. The quantitative estimate of drug-likeness (QED) is 0.631. The van der Waals surface area contributed by atoms with Crippen LogP contribution in [-0.4, -0.2) is 34.2 Å². The van der Waals surface area contributed by atoms with E-state index < -0.39 is 20.0 Å². The fraction of sp³-hybridized carbons (Fsp3) is 0.263. The Morgan fingerprint density at radius 2 is 1.46 bits per heavy atom. The molecule has 0 amide bonds. The van der Waals surface area contributed by atoms with E-state index in [2.05, 4.69) is 19.6 Å². The molecule has 0 fully saturated rings. The first-order valence-corrected chi connectivity index (χ1v) is 11.2. The highest BCUT2D eigenvalue weighted by Crippen LogP contribution is 2.28. The van der Waals surface area contributed by atoms with Gasteiger partial charge in [-0.3, -0.25) is 0 Å². The van der Waals surface area contributed by atoms with Crippen LogP contribution in [0.5, 0.6) is 0 Å². The lowest BCUT2D eigenvalue weighted by Crippen LogP contribution is -2.38. The van der Waals surface area contributed by atoms with Crippen LogP contribution < -0.4 is 5.19 Å². The zero-order chi connectivity index (χ0) is 17.9. The highest BCUT2D eigenvalue weighted by molar-refractivity contribution is 6.88. The number of ether oxygens (including phenoxy) is 2. The van der Waals surface area contributed by atoms with E-state index in [-0.39, 0.29) is 11.1 Å². The van der Waals surface area contributed by atoms with Gasteiger partial charge in [-0.15, -0.1) is 0 Å². The Bertz CT molecular complexity index is 761. The van der Waals surface area contributed by atoms with E-state index in [0.717, 1.165) is 10.8 Å². The van der Waals surface area contributed by atoms with E-state index in [1.54, 1.807) is 6.07 Å². The van der Waals surface area contributed by atoms with Gasteiger partial charge >= 0.3 is 11.9 Å². The molecule has 4 nitrogen and oxygen atoms in total. The number of benzene rings is 2. The molecule has 0 aliphatic heterocycles. The fourth-order valence-corrected chi connectivity index (χ4v) is 3.67. The predicted octanol–water partition coefficient (Wildman–Crippen LogP) is 3.47. The molecule has 0 aliphatic rings. The second-order valence-corrected chi connectivity index (χ2v) is 11.6. The van der Waals surface area contributed by atoms with Crippen molar-refractivity contribution in [3.05, 3.63) is 53.6 Å². The van der Waals surface area contributed by atoms with E-state index in [1.165, 1.54) is 14.2 Å². The summed E-state index contributed by atoms with van der Waals surface area (Å²) in [4.78, 5) is 24.7. The third-order valence-corrected chi connectivity index (χ3v) is 5.90. The van der Waals surface area contributed by atoms with Crippen molar-refractivity contribution in [2.24, 2.45) is 0 Å². The zero-order valence-electron chi connectivity index (χ0n) is 14.7. The average molecular weight is 342 g/mol. The van der Waals surface area contributed by atoms with E-state index in [9.17, 15) is 9.59 Å². The number of hydrogen-bond acceptors (Lipinski definition) is 4. The Morgan fingerprint density at radius 3 is 1.96 bits per heavy atom. The number of esters is 2. The maximum atomic E-state index is 12.4. The van der Waals surface area contributed by atoms with Gasteiger partial charge in [0.15, 0.2) is 0 Å². The van der Waals surface area contributed by atoms with Crippen molar-refractivity contribution >= 4 is 25.2 Å². The Balaban J connectivity index is 2.88. The molecular formula is C19H22O4Si. The molecule has 0 aromatic heterocycles. The Morgan fingerprint density at radius 1 is 0.875 bits per heavy atom. The summed E-state index contributed by atoms with van der Waals surface area (Å²) in [5.74, 6) is -1.08. The minimum atomic E-state index is -1.72. The van der Waals surface area contributed by atoms with Crippen molar-refractivity contribution in [1.82, 2.24) is 0 Å². The van der Waals surface area contributed by atoms with Gasteiger partial charge in [-0.2, -0.15) is 0 Å². The fourth-order valence-electron chi connectivity index (χ4n) is 2.51. The normalized spacial score (nSPS) is 11.0. The van der Waals surface area contributed by atoms with Crippen LogP contribution in [0.2, 0.25) is 19.6 Å². The van der Waals surface area contributed by atoms with Gasteiger partial charge < -0.3 is 9.47 Å². The van der Waals surface area contributed by atoms with Crippen LogP contribution in [0.15, 0.2) is 42.5 Å². The molecule has 0 spiro atoms. The van der Waals surface area contributed by atoms with Gasteiger partial charge in [0.05, 0.1) is 33.4 Å². The van der Waals surface area contributed by atoms with E-state index in [4.69, 9.17) is 9.47 Å². The maximum absolute atomic E-state index is 12.4. The van der Waals surface area contributed by atoms with Gasteiger partial charge in [0.25, 0.3) is 0 Å². The Hall–Kier alpha value is -2.40. The summed E-state index contributed by atoms with van der Waals surface area (Å²) in [6.45, 7) is 6.57. The molecule has 5 heteroatoms. The van der Waals surface area contributed by atoms with Crippen LogP contribution in [0.3, 0.4) is 0 Å². The van der Waals surface area contributed by atoms with Crippen LogP contribution in [0.4, 0.5) is 0 Å². The summed E-state index contributed by atoms with van der Waals surface area (Å²) in [6, 6.07) is 13.3. The third-order valence-electron chi connectivity index (χ3n) is 3.88. The lowest BCUT2D eigenvalue weighted by atomic mass is 9.95. The number of rotatable bonds is 4. The molecule has 0 bridgehead atoms. The lowest BCUT2D eigenvalue weighted by Gasteiger charge is -2.21.